The molecular weight excluding hydrogens is 336 g/mol. The van der Waals surface area contributed by atoms with Crippen molar-refractivity contribution in [2.75, 3.05) is 31.2 Å². The molecule has 0 saturated carbocycles. The Morgan fingerprint density at radius 1 is 1.08 bits per heavy atom. The van der Waals surface area contributed by atoms with Crippen molar-refractivity contribution in [1.82, 2.24) is 0 Å². The molecule has 0 saturated heterocycles. The van der Waals surface area contributed by atoms with Gasteiger partial charge in [-0.3, -0.25) is 4.90 Å². The van der Waals surface area contributed by atoms with E-state index in [1.165, 1.54) is 0 Å². The lowest BCUT2D eigenvalue weighted by molar-refractivity contribution is 0.174. The van der Waals surface area contributed by atoms with Crippen LogP contribution in [0.15, 0.2) is 24.3 Å². The van der Waals surface area contributed by atoms with Crippen molar-refractivity contribution >= 4 is 17.4 Å². The first-order valence-corrected chi connectivity index (χ1v) is 8.48. The Labute approximate surface area is 150 Å². The number of benzene rings is 2. The van der Waals surface area contributed by atoms with E-state index in [-0.39, 0.29) is 18.9 Å². The Kier molecular flexibility index (Phi) is 3.19. The van der Waals surface area contributed by atoms with Crippen LogP contribution < -0.4 is 29.2 Å². The first-order chi connectivity index (χ1) is 12.7. The smallest absolute Gasteiger partial charge is 0.326 e. The zero-order valence-electron chi connectivity index (χ0n) is 14.5. The highest BCUT2D eigenvalue weighted by molar-refractivity contribution is 6.06. The van der Waals surface area contributed by atoms with Crippen molar-refractivity contribution in [3.05, 3.63) is 35.4 Å². The molecule has 2 amide bonds. The van der Waals surface area contributed by atoms with Gasteiger partial charge in [0, 0.05) is 17.7 Å². The van der Waals surface area contributed by atoms with E-state index >= 15 is 0 Å². The zero-order valence-corrected chi connectivity index (χ0v) is 14.5. The van der Waals surface area contributed by atoms with Gasteiger partial charge in [-0.25, -0.2) is 4.79 Å². The number of aryl methyl sites for hydroxylation is 1. The van der Waals surface area contributed by atoms with Gasteiger partial charge in [-0.2, -0.15) is 0 Å². The van der Waals surface area contributed by atoms with Crippen LogP contribution >= 0.6 is 0 Å². The number of rotatable bonds is 2. The number of fused-ring (bicyclic) bond motifs is 6. The van der Waals surface area contributed by atoms with Gasteiger partial charge >= 0.3 is 6.03 Å². The molecule has 0 aliphatic carbocycles. The molecule has 1 unspecified atom stereocenters. The average Bonchev–Trinajstić information content (AvgIpc) is 3.12. The quantitative estimate of drug-likeness (QED) is 0.894. The highest BCUT2D eigenvalue weighted by atomic mass is 16.7. The summed E-state index contributed by atoms with van der Waals surface area (Å²) in [6.07, 6.45) is 1.68. The monoisotopic (exact) mass is 354 g/mol. The predicted molar refractivity (Wildman–Crippen MR) is 94.7 cm³/mol. The molecule has 3 aliphatic rings. The van der Waals surface area contributed by atoms with Crippen molar-refractivity contribution < 1.29 is 23.7 Å². The fourth-order valence-corrected chi connectivity index (χ4v) is 3.99. The summed E-state index contributed by atoms with van der Waals surface area (Å²) in [6, 6.07) is 7.42. The van der Waals surface area contributed by atoms with E-state index in [2.05, 4.69) is 5.32 Å². The number of anilines is 2. The number of methoxy groups -OCH3 is 2. The molecule has 0 bridgehead atoms. The summed E-state index contributed by atoms with van der Waals surface area (Å²) in [5.41, 5.74) is 3.73. The topological polar surface area (TPSA) is 69.3 Å². The van der Waals surface area contributed by atoms with Gasteiger partial charge in [-0.05, 0) is 30.5 Å². The third-order valence-corrected chi connectivity index (χ3v) is 5.21. The lowest BCUT2D eigenvalue weighted by atomic mass is 9.88. The molecular formula is C19H18N2O5. The summed E-state index contributed by atoms with van der Waals surface area (Å²) in [6.45, 7) is 0.216. The Morgan fingerprint density at radius 2 is 1.81 bits per heavy atom. The van der Waals surface area contributed by atoms with Crippen LogP contribution in [0.2, 0.25) is 0 Å². The van der Waals surface area contributed by atoms with Gasteiger partial charge < -0.3 is 24.3 Å². The van der Waals surface area contributed by atoms with E-state index in [4.69, 9.17) is 18.9 Å². The van der Waals surface area contributed by atoms with Crippen molar-refractivity contribution in [3.63, 3.8) is 0 Å². The number of nitrogens with zero attached hydrogens (tertiary/aromatic N) is 1. The number of ether oxygens (including phenoxy) is 4. The Balaban J connectivity index is 1.64. The van der Waals surface area contributed by atoms with Crippen LogP contribution in [0.3, 0.4) is 0 Å². The van der Waals surface area contributed by atoms with Crippen LogP contribution in [0.4, 0.5) is 16.2 Å². The minimum absolute atomic E-state index is 0.0635. The first-order valence-electron chi connectivity index (χ1n) is 8.48. The maximum atomic E-state index is 12.9. The van der Waals surface area contributed by atoms with Crippen LogP contribution in [0.5, 0.6) is 23.0 Å². The molecule has 134 valence electrons. The minimum atomic E-state index is -0.158. The molecule has 0 spiro atoms. The molecule has 5 rings (SSSR count). The molecule has 0 aromatic heterocycles. The zero-order chi connectivity index (χ0) is 17.8. The number of hydrogen-bond acceptors (Lipinski definition) is 5. The van der Waals surface area contributed by atoms with Gasteiger partial charge in [-0.15, -0.1) is 0 Å². The maximum absolute atomic E-state index is 12.9. The van der Waals surface area contributed by atoms with E-state index in [9.17, 15) is 4.79 Å². The Bertz CT molecular complexity index is 927. The molecule has 2 aromatic rings. The second kappa shape index (κ2) is 5.45. The number of urea groups is 1. The molecule has 1 atom stereocenters. The Hall–Kier alpha value is -3.09. The third-order valence-electron chi connectivity index (χ3n) is 5.21. The van der Waals surface area contributed by atoms with Crippen LogP contribution in [0, 0.1) is 0 Å². The SMILES string of the molecule is COc1cc2c(cc1OC)C1CCc3cc4c(cc3N1C(=O)N2)OCO4. The number of hydrogen-bond donors (Lipinski definition) is 1. The number of carbonyl (C=O) groups excluding carboxylic acids is 1. The van der Waals surface area contributed by atoms with E-state index in [0.29, 0.717) is 17.2 Å². The highest BCUT2D eigenvalue weighted by Gasteiger charge is 2.39. The van der Waals surface area contributed by atoms with Crippen molar-refractivity contribution in [1.29, 1.82) is 0 Å². The average molecular weight is 354 g/mol. The summed E-state index contributed by atoms with van der Waals surface area (Å²) in [5.74, 6) is 2.67. The van der Waals surface area contributed by atoms with E-state index in [1.807, 2.05) is 24.3 Å². The summed E-state index contributed by atoms with van der Waals surface area (Å²) in [5, 5.41) is 2.97. The van der Waals surface area contributed by atoms with Crippen LogP contribution in [0.1, 0.15) is 23.6 Å². The molecule has 0 fully saturated rings. The normalized spacial score (nSPS) is 19.2. The fraction of sp³-hybridized carbons (Fsp3) is 0.316. The molecule has 2 aromatic carbocycles. The maximum Gasteiger partial charge on any atom is 0.326 e. The van der Waals surface area contributed by atoms with E-state index < -0.39 is 0 Å². The number of amides is 2. The standard InChI is InChI=1S/C19H18N2O5/c1-23-15-6-11-12(7-16(15)24-2)20-19(22)21-13(11)4-3-10-5-17-18(8-14(10)21)26-9-25-17/h5-8,13H,3-4,9H2,1-2H3,(H,20,22). The summed E-state index contributed by atoms with van der Waals surface area (Å²) in [4.78, 5) is 14.7. The largest absolute Gasteiger partial charge is 0.493 e. The van der Waals surface area contributed by atoms with Crippen molar-refractivity contribution in [2.24, 2.45) is 0 Å². The molecule has 0 radical (unpaired) electrons. The summed E-state index contributed by atoms with van der Waals surface area (Å²) < 4.78 is 21.8. The molecule has 26 heavy (non-hydrogen) atoms. The van der Waals surface area contributed by atoms with Gasteiger partial charge in [0.25, 0.3) is 0 Å². The second-order valence-electron chi connectivity index (χ2n) is 6.48. The minimum Gasteiger partial charge on any atom is -0.493 e. The Morgan fingerprint density at radius 3 is 2.58 bits per heavy atom. The molecule has 3 heterocycles. The van der Waals surface area contributed by atoms with Gasteiger partial charge in [-0.1, -0.05) is 0 Å². The summed E-state index contributed by atoms with van der Waals surface area (Å²) in [7, 11) is 3.20. The number of nitrogens with one attached hydrogen (secondary N) is 1. The van der Waals surface area contributed by atoms with Gasteiger partial charge in [0.15, 0.2) is 23.0 Å². The van der Waals surface area contributed by atoms with Crippen molar-refractivity contribution in [3.8, 4) is 23.0 Å². The predicted octanol–water partition coefficient (Wildman–Crippen LogP) is 3.47. The third kappa shape index (κ3) is 2.03. The number of carbonyl (C=O) groups is 1. The van der Waals surface area contributed by atoms with Gasteiger partial charge in [0.1, 0.15) is 0 Å². The lowest BCUT2D eigenvalue weighted by Gasteiger charge is -2.41. The van der Waals surface area contributed by atoms with Crippen LogP contribution in [-0.2, 0) is 6.42 Å². The molecule has 3 aliphatic heterocycles. The molecule has 7 nitrogen and oxygen atoms in total. The lowest BCUT2D eigenvalue weighted by Crippen LogP contribution is -2.44. The van der Waals surface area contributed by atoms with E-state index in [0.717, 1.165) is 41.1 Å². The van der Waals surface area contributed by atoms with Crippen LogP contribution in [0.25, 0.3) is 0 Å². The molecule has 7 heteroatoms. The van der Waals surface area contributed by atoms with Gasteiger partial charge in [0.05, 0.1) is 31.6 Å². The second-order valence-corrected chi connectivity index (χ2v) is 6.48. The highest BCUT2D eigenvalue weighted by Crippen LogP contribution is 2.49. The van der Waals surface area contributed by atoms with Crippen molar-refractivity contribution in [2.45, 2.75) is 18.9 Å². The summed E-state index contributed by atoms with van der Waals surface area (Å²) >= 11 is 0. The molecule has 1 N–H and O–H groups in total. The van der Waals surface area contributed by atoms with Gasteiger partial charge in [0.2, 0.25) is 6.79 Å². The fourth-order valence-electron chi connectivity index (χ4n) is 3.99. The van der Waals surface area contributed by atoms with Crippen LogP contribution in [-0.4, -0.2) is 27.0 Å². The first kappa shape index (κ1) is 15.2. The van der Waals surface area contributed by atoms with E-state index in [1.54, 1.807) is 19.1 Å².